The fourth-order valence-electron chi connectivity index (χ4n) is 1.72. The van der Waals surface area contributed by atoms with E-state index < -0.39 is 5.82 Å². The van der Waals surface area contributed by atoms with Crippen LogP contribution in [0, 0.1) is 5.82 Å². The van der Waals surface area contributed by atoms with Gasteiger partial charge in [-0.2, -0.15) is 0 Å². The molecule has 2 rings (SSSR count). The van der Waals surface area contributed by atoms with Crippen molar-refractivity contribution in [3.05, 3.63) is 35.8 Å². The fraction of sp³-hybridized carbons (Fsp3) is 0.231. The van der Waals surface area contributed by atoms with E-state index in [0.717, 1.165) is 0 Å². The van der Waals surface area contributed by atoms with Gasteiger partial charge in [-0.1, -0.05) is 0 Å². The van der Waals surface area contributed by atoms with Gasteiger partial charge < -0.3 is 14.9 Å². The van der Waals surface area contributed by atoms with Crippen LogP contribution in [-0.2, 0) is 11.3 Å². The lowest BCUT2D eigenvalue weighted by Crippen LogP contribution is -2.11. The summed E-state index contributed by atoms with van der Waals surface area (Å²) in [6.07, 6.45) is 0. The zero-order valence-corrected chi connectivity index (χ0v) is 11.2. The average molecular weight is 278 g/mol. The van der Waals surface area contributed by atoms with Crippen LogP contribution in [0.2, 0.25) is 0 Å². The Morgan fingerprint density at radius 2 is 2.05 bits per heavy atom. The minimum atomic E-state index is -0.443. The van der Waals surface area contributed by atoms with Crippen molar-refractivity contribution in [3.8, 4) is 17.1 Å². The first-order valence-corrected chi connectivity index (χ1v) is 5.85. The molecule has 0 spiro atoms. The van der Waals surface area contributed by atoms with Crippen LogP contribution >= 0.6 is 0 Å². The van der Waals surface area contributed by atoms with Crippen LogP contribution in [0.15, 0.2) is 24.3 Å². The molecule has 0 aliphatic carbocycles. The second-order valence-corrected chi connectivity index (χ2v) is 3.99. The second kappa shape index (κ2) is 6.27. The first kappa shape index (κ1) is 14.2. The molecule has 0 saturated heterocycles. The predicted molar refractivity (Wildman–Crippen MR) is 72.5 cm³/mol. The quantitative estimate of drug-likeness (QED) is 0.640. The fourth-order valence-corrected chi connectivity index (χ4v) is 1.72. The molecule has 1 aromatic heterocycles. The molecule has 20 heavy (non-hydrogen) atoms. The van der Waals surface area contributed by atoms with Crippen molar-refractivity contribution in [1.82, 2.24) is 9.97 Å². The maximum absolute atomic E-state index is 13.4. The third kappa shape index (κ3) is 3.01. The summed E-state index contributed by atoms with van der Waals surface area (Å²) >= 11 is 0. The van der Waals surface area contributed by atoms with Gasteiger partial charge in [0.15, 0.2) is 17.4 Å². The number of hydrazine groups is 1. The SMILES string of the molecule is COCc1cc(NN)nc(-c2ccc(F)c(OC)c2)n1. The highest BCUT2D eigenvalue weighted by atomic mass is 19.1. The molecule has 0 aliphatic heterocycles. The van der Waals surface area contributed by atoms with E-state index in [1.165, 1.54) is 19.2 Å². The van der Waals surface area contributed by atoms with Gasteiger partial charge in [-0.15, -0.1) is 0 Å². The zero-order chi connectivity index (χ0) is 14.5. The summed E-state index contributed by atoms with van der Waals surface area (Å²) in [5.74, 6) is 5.92. The van der Waals surface area contributed by atoms with Gasteiger partial charge >= 0.3 is 0 Å². The molecule has 0 amide bonds. The number of hydrogen-bond donors (Lipinski definition) is 2. The number of nitrogen functional groups attached to an aromatic ring is 1. The molecule has 0 saturated carbocycles. The van der Waals surface area contributed by atoms with Crippen molar-refractivity contribution in [2.75, 3.05) is 19.6 Å². The molecule has 1 heterocycles. The van der Waals surface area contributed by atoms with Gasteiger partial charge in [0.05, 0.1) is 19.4 Å². The van der Waals surface area contributed by atoms with Crippen LogP contribution in [-0.4, -0.2) is 24.2 Å². The first-order valence-electron chi connectivity index (χ1n) is 5.85. The van der Waals surface area contributed by atoms with E-state index in [2.05, 4.69) is 15.4 Å². The molecule has 2 aromatic rings. The van der Waals surface area contributed by atoms with Gasteiger partial charge in [0.2, 0.25) is 0 Å². The Morgan fingerprint density at radius 1 is 1.25 bits per heavy atom. The van der Waals surface area contributed by atoms with Gasteiger partial charge in [-0.25, -0.2) is 20.2 Å². The number of anilines is 1. The molecule has 6 nitrogen and oxygen atoms in total. The molecule has 0 fully saturated rings. The third-order valence-electron chi connectivity index (χ3n) is 2.63. The summed E-state index contributed by atoms with van der Waals surface area (Å²) < 4.78 is 23.4. The van der Waals surface area contributed by atoms with Gasteiger partial charge in [0.1, 0.15) is 5.82 Å². The summed E-state index contributed by atoms with van der Waals surface area (Å²) in [5.41, 5.74) is 3.75. The number of nitrogens with two attached hydrogens (primary N) is 1. The van der Waals surface area contributed by atoms with Gasteiger partial charge in [-0.3, -0.25) is 0 Å². The standard InChI is InChI=1S/C13H15FN4O2/c1-19-7-9-6-12(18-15)17-13(16-9)8-3-4-10(14)11(5-8)20-2/h3-6H,7,15H2,1-2H3,(H,16,17,18). The number of halogens is 1. The Kier molecular flexibility index (Phi) is 4.44. The number of ether oxygens (including phenoxy) is 2. The molecule has 0 radical (unpaired) electrons. The smallest absolute Gasteiger partial charge is 0.165 e. The van der Waals surface area contributed by atoms with Crippen LogP contribution < -0.4 is 16.0 Å². The normalized spacial score (nSPS) is 10.4. The number of nitrogens with one attached hydrogen (secondary N) is 1. The van der Waals surface area contributed by atoms with E-state index in [4.69, 9.17) is 15.3 Å². The van der Waals surface area contributed by atoms with E-state index in [1.54, 1.807) is 19.2 Å². The number of nitrogens with zero attached hydrogens (tertiary/aromatic N) is 2. The Balaban J connectivity index is 2.47. The van der Waals surface area contributed by atoms with Crippen LogP contribution in [0.25, 0.3) is 11.4 Å². The zero-order valence-electron chi connectivity index (χ0n) is 11.2. The molecule has 1 aromatic carbocycles. The van der Waals surface area contributed by atoms with Crippen molar-refractivity contribution in [2.24, 2.45) is 5.84 Å². The van der Waals surface area contributed by atoms with Gasteiger partial charge in [-0.05, 0) is 18.2 Å². The minimum Gasteiger partial charge on any atom is -0.494 e. The number of hydrogen-bond acceptors (Lipinski definition) is 6. The minimum absolute atomic E-state index is 0.130. The number of aromatic nitrogens is 2. The molecular weight excluding hydrogens is 263 g/mol. The van der Waals surface area contributed by atoms with E-state index in [-0.39, 0.29) is 5.75 Å². The molecule has 3 N–H and O–H groups in total. The lowest BCUT2D eigenvalue weighted by Gasteiger charge is -2.09. The maximum Gasteiger partial charge on any atom is 0.165 e. The molecule has 7 heteroatoms. The van der Waals surface area contributed by atoms with Crippen molar-refractivity contribution in [3.63, 3.8) is 0 Å². The molecule has 106 valence electrons. The van der Waals surface area contributed by atoms with Crippen molar-refractivity contribution in [1.29, 1.82) is 0 Å². The van der Waals surface area contributed by atoms with E-state index >= 15 is 0 Å². The number of rotatable bonds is 5. The highest BCUT2D eigenvalue weighted by Gasteiger charge is 2.10. The van der Waals surface area contributed by atoms with Crippen molar-refractivity contribution in [2.45, 2.75) is 6.61 Å². The summed E-state index contributed by atoms with van der Waals surface area (Å²) in [6.45, 7) is 0.322. The van der Waals surface area contributed by atoms with Crippen LogP contribution in [0.1, 0.15) is 5.69 Å². The van der Waals surface area contributed by atoms with E-state index in [1.807, 2.05) is 0 Å². The summed E-state index contributed by atoms with van der Waals surface area (Å²) in [7, 11) is 2.97. The third-order valence-corrected chi connectivity index (χ3v) is 2.63. The number of methoxy groups -OCH3 is 2. The second-order valence-electron chi connectivity index (χ2n) is 3.99. The first-order chi connectivity index (χ1) is 9.67. The molecule has 0 aliphatic rings. The van der Waals surface area contributed by atoms with E-state index in [0.29, 0.717) is 29.5 Å². The molecule has 0 unspecified atom stereocenters. The number of benzene rings is 1. The molecule has 0 atom stereocenters. The Hall–Kier alpha value is -2.25. The molecular formula is C13H15FN4O2. The largest absolute Gasteiger partial charge is 0.494 e. The van der Waals surface area contributed by atoms with Crippen molar-refractivity contribution >= 4 is 5.82 Å². The monoisotopic (exact) mass is 278 g/mol. The summed E-state index contributed by atoms with van der Waals surface area (Å²) in [5, 5.41) is 0. The lowest BCUT2D eigenvalue weighted by molar-refractivity contribution is 0.181. The Labute approximate surface area is 115 Å². The summed E-state index contributed by atoms with van der Waals surface area (Å²) in [4.78, 5) is 8.57. The van der Waals surface area contributed by atoms with E-state index in [9.17, 15) is 4.39 Å². The maximum atomic E-state index is 13.4. The van der Waals surface area contributed by atoms with Crippen LogP contribution in [0.4, 0.5) is 10.2 Å². The molecule has 0 bridgehead atoms. The van der Waals surface area contributed by atoms with Crippen molar-refractivity contribution < 1.29 is 13.9 Å². The predicted octanol–water partition coefficient (Wildman–Crippen LogP) is 1.72. The van der Waals surface area contributed by atoms with Crippen LogP contribution in [0.5, 0.6) is 5.75 Å². The Morgan fingerprint density at radius 3 is 2.70 bits per heavy atom. The lowest BCUT2D eigenvalue weighted by atomic mass is 10.2. The summed E-state index contributed by atoms with van der Waals surface area (Å²) in [6, 6.07) is 6.08. The van der Waals surface area contributed by atoms with Gasteiger partial charge in [0.25, 0.3) is 0 Å². The topological polar surface area (TPSA) is 82.3 Å². The highest BCUT2D eigenvalue weighted by molar-refractivity contribution is 5.59. The highest BCUT2D eigenvalue weighted by Crippen LogP contribution is 2.25. The Bertz CT molecular complexity index is 607. The van der Waals surface area contributed by atoms with Gasteiger partial charge in [0, 0.05) is 18.7 Å². The van der Waals surface area contributed by atoms with Crippen LogP contribution in [0.3, 0.4) is 0 Å². The average Bonchev–Trinajstić information content (AvgIpc) is 2.47.